The average Bonchev–Trinajstić information content (AvgIpc) is 2.48. The lowest BCUT2D eigenvalue weighted by Gasteiger charge is -2.32. The fraction of sp³-hybridized carbons (Fsp3) is 0.222. The quantitative estimate of drug-likeness (QED) is 0.790. The van der Waals surface area contributed by atoms with E-state index < -0.39 is 0 Å². The van der Waals surface area contributed by atoms with Crippen molar-refractivity contribution in [2.45, 2.75) is 18.9 Å². The lowest BCUT2D eigenvalue weighted by molar-refractivity contribution is 0.674. The number of nitrogens with zero attached hydrogens (tertiary/aromatic N) is 1. The molecule has 1 atom stereocenters. The second-order valence-electron chi connectivity index (χ2n) is 5.12. The van der Waals surface area contributed by atoms with Crippen LogP contribution in [-0.4, -0.2) is 13.1 Å². The Bertz CT molecular complexity index is 571. The maximum atomic E-state index is 2.39. The second-order valence-corrected chi connectivity index (χ2v) is 5.12. The predicted molar refractivity (Wildman–Crippen MR) is 82.4 cm³/mol. The second kappa shape index (κ2) is 5.31. The zero-order chi connectivity index (χ0) is 13.1. The molecule has 1 heterocycles. The van der Waals surface area contributed by atoms with Crippen molar-refractivity contribution in [2.75, 3.05) is 11.9 Å². The van der Waals surface area contributed by atoms with Crippen LogP contribution in [0.25, 0.3) is 6.08 Å². The van der Waals surface area contributed by atoms with Crippen LogP contribution in [0.4, 0.5) is 5.69 Å². The predicted octanol–water partition coefficient (Wildman–Crippen LogP) is 4.15. The van der Waals surface area contributed by atoms with Crippen LogP contribution < -0.4 is 4.90 Å². The SMILES string of the molecule is CN1c2ccccc2C=CC1CCc1ccccc1. The minimum absolute atomic E-state index is 0.495. The van der Waals surface area contributed by atoms with Gasteiger partial charge >= 0.3 is 0 Å². The summed E-state index contributed by atoms with van der Waals surface area (Å²) in [5, 5.41) is 0. The van der Waals surface area contributed by atoms with Crippen molar-refractivity contribution in [2.24, 2.45) is 0 Å². The summed E-state index contributed by atoms with van der Waals surface area (Å²) in [7, 11) is 2.19. The number of anilines is 1. The number of aryl methyl sites for hydroxylation is 1. The summed E-state index contributed by atoms with van der Waals surface area (Å²) in [6.45, 7) is 0. The Morgan fingerprint density at radius 2 is 1.68 bits per heavy atom. The molecule has 0 saturated carbocycles. The van der Waals surface area contributed by atoms with Gasteiger partial charge in [-0.3, -0.25) is 0 Å². The molecule has 0 fully saturated rings. The Kier molecular flexibility index (Phi) is 3.37. The molecule has 2 aromatic carbocycles. The van der Waals surface area contributed by atoms with Gasteiger partial charge in [-0.05, 0) is 30.0 Å². The molecular formula is C18H19N. The number of benzene rings is 2. The molecule has 0 bridgehead atoms. The van der Waals surface area contributed by atoms with E-state index in [-0.39, 0.29) is 0 Å². The molecule has 1 aliphatic rings. The third-order valence-corrected chi connectivity index (χ3v) is 3.88. The lowest BCUT2D eigenvalue weighted by atomic mass is 9.98. The van der Waals surface area contributed by atoms with E-state index in [0.29, 0.717) is 6.04 Å². The van der Waals surface area contributed by atoms with E-state index in [1.807, 2.05) is 0 Å². The Hall–Kier alpha value is -2.02. The summed E-state index contributed by atoms with van der Waals surface area (Å²) >= 11 is 0. The lowest BCUT2D eigenvalue weighted by Crippen LogP contribution is -2.32. The van der Waals surface area contributed by atoms with E-state index in [1.54, 1.807) is 0 Å². The largest absolute Gasteiger partial charge is 0.368 e. The van der Waals surface area contributed by atoms with E-state index in [4.69, 9.17) is 0 Å². The summed E-state index contributed by atoms with van der Waals surface area (Å²) in [5.74, 6) is 0. The fourth-order valence-electron chi connectivity index (χ4n) is 2.72. The molecule has 0 amide bonds. The van der Waals surface area contributed by atoms with Crippen molar-refractivity contribution in [1.82, 2.24) is 0 Å². The van der Waals surface area contributed by atoms with Gasteiger partial charge in [0.15, 0.2) is 0 Å². The van der Waals surface area contributed by atoms with Crippen molar-refractivity contribution in [3.63, 3.8) is 0 Å². The van der Waals surface area contributed by atoms with Gasteiger partial charge in [0.05, 0.1) is 0 Å². The van der Waals surface area contributed by atoms with Gasteiger partial charge in [0, 0.05) is 18.8 Å². The van der Waals surface area contributed by atoms with E-state index in [2.05, 4.69) is 78.7 Å². The van der Waals surface area contributed by atoms with Crippen molar-refractivity contribution in [1.29, 1.82) is 0 Å². The van der Waals surface area contributed by atoms with Gasteiger partial charge in [-0.2, -0.15) is 0 Å². The topological polar surface area (TPSA) is 3.24 Å². The molecule has 96 valence electrons. The highest BCUT2D eigenvalue weighted by atomic mass is 15.1. The van der Waals surface area contributed by atoms with Gasteiger partial charge in [0.1, 0.15) is 0 Å². The van der Waals surface area contributed by atoms with Gasteiger partial charge in [0.2, 0.25) is 0 Å². The third-order valence-electron chi connectivity index (χ3n) is 3.88. The normalized spacial score (nSPS) is 17.3. The van der Waals surface area contributed by atoms with Crippen LogP contribution in [0.2, 0.25) is 0 Å². The number of hydrogen-bond donors (Lipinski definition) is 0. The van der Waals surface area contributed by atoms with Crippen LogP contribution in [-0.2, 0) is 6.42 Å². The van der Waals surface area contributed by atoms with Crippen LogP contribution in [0.3, 0.4) is 0 Å². The minimum Gasteiger partial charge on any atom is -0.368 e. The molecule has 0 radical (unpaired) electrons. The van der Waals surface area contributed by atoms with Gasteiger partial charge in [-0.15, -0.1) is 0 Å². The third kappa shape index (κ3) is 2.55. The van der Waals surface area contributed by atoms with Gasteiger partial charge in [-0.1, -0.05) is 60.7 Å². The molecule has 1 nitrogen and oxygen atoms in total. The van der Waals surface area contributed by atoms with Crippen molar-refractivity contribution < 1.29 is 0 Å². The first-order valence-corrected chi connectivity index (χ1v) is 6.88. The van der Waals surface area contributed by atoms with Crippen molar-refractivity contribution in [3.05, 3.63) is 71.8 Å². The highest BCUT2D eigenvalue weighted by molar-refractivity contribution is 5.71. The Balaban J connectivity index is 1.71. The number of rotatable bonds is 3. The van der Waals surface area contributed by atoms with E-state index in [1.165, 1.54) is 16.8 Å². The Morgan fingerprint density at radius 1 is 0.947 bits per heavy atom. The summed E-state index contributed by atoms with van der Waals surface area (Å²) in [5.41, 5.74) is 4.08. The van der Waals surface area contributed by atoms with Crippen molar-refractivity contribution in [3.8, 4) is 0 Å². The maximum absolute atomic E-state index is 2.39. The molecule has 0 N–H and O–H groups in total. The Morgan fingerprint density at radius 3 is 2.53 bits per heavy atom. The monoisotopic (exact) mass is 249 g/mol. The first kappa shape index (κ1) is 12.0. The maximum Gasteiger partial charge on any atom is 0.0476 e. The van der Waals surface area contributed by atoms with Gasteiger partial charge in [-0.25, -0.2) is 0 Å². The Labute approximate surface area is 115 Å². The smallest absolute Gasteiger partial charge is 0.0476 e. The standard InChI is InChI=1S/C18H19N/c1-19-17(13-11-15-7-3-2-4-8-15)14-12-16-9-5-6-10-18(16)19/h2-10,12,14,17H,11,13H2,1H3. The zero-order valence-electron chi connectivity index (χ0n) is 11.3. The van der Waals surface area contributed by atoms with Crippen LogP contribution in [0, 0.1) is 0 Å². The van der Waals surface area contributed by atoms with Gasteiger partial charge in [0.25, 0.3) is 0 Å². The first-order chi connectivity index (χ1) is 9.34. The molecular weight excluding hydrogens is 230 g/mol. The van der Waals surface area contributed by atoms with E-state index in [9.17, 15) is 0 Å². The highest BCUT2D eigenvalue weighted by Crippen LogP contribution is 2.28. The molecule has 1 unspecified atom stereocenters. The molecule has 0 aliphatic carbocycles. The molecule has 3 rings (SSSR count). The van der Waals surface area contributed by atoms with Crippen LogP contribution in [0.1, 0.15) is 17.5 Å². The van der Waals surface area contributed by atoms with E-state index in [0.717, 1.165) is 12.8 Å². The summed E-state index contributed by atoms with van der Waals surface area (Å²) < 4.78 is 0. The van der Waals surface area contributed by atoms with E-state index >= 15 is 0 Å². The number of fused-ring (bicyclic) bond motifs is 1. The highest BCUT2D eigenvalue weighted by Gasteiger charge is 2.18. The fourth-order valence-corrected chi connectivity index (χ4v) is 2.72. The summed E-state index contributed by atoms with van der Waals surface area (Å²) in [6.07, 6.45) is 6.87. The number of para-hydroxylation sites is 1. The molecule has 1 heteroatoms. The average molecular weight is 249 g/mol. The summed E-state index contributed by atoms with van der Waals surface area (Å²) in [4.78, 5) is 2.39. The molecule has 19 heavy (non-hydrogen) atoms. The van der Waals surface area contributed by atoms with Crippen LogP contribution >= 0.6 is 0 Å². The van der Waals surface area contributed by atoms with Gasteiger partial charge < -0.3 is 4.90 Å². The number of hydrogen-bond acceptors (Lipinski definition) is 1. The van der Waals surface area contributed by atoms with Crippen LogP contribution in [0.15, 0.2) is 60.7 Å². The van der Waals surface area contributed by atoms with Crippen LogP contribution in [0.5, 0.6) is 0 Å². The molecule has 0 aromatic heterocycles. The molecule has 0 saturated heterocycles. The minimum atomic E-state index is 0.495. The molecule has 2 aromatic rings. The molecule has 1 aliphatic heterocycles. The summed E-state index contributed by atoms with van der Waals surface area (Å²) in [6, 6.07) is 19.8. The zero-order valence-corrected chi connectivity index (χ0v) is 11.3. The first-order valence-electron chi connectivity index (χ1n) is 6.88. The number of likely N-dealkylation sites (N-methyl/N-ethyl adjacent to an activating group) is 1. The molecule has 0 spiro atoms. The van der Waals surface area contributed by atoms with Crippen molar-refractivity contribution >= 4 is 11.8 Å².